The van der Waals surface area contributed by atoms with Crippen LogP contribution >= 0.6 is 35.3 Å². The zero-order valence-electron chi connectivity index (χ0n) is 13.8. The number of aromatic nitrogens is 2. The second kappa shape index (κ2) is 7.99. The minimum absolute atomic E-state index is 0.0198. The van der Waals surface area contributed by atoms with Gasteiger partial charge in [-0.25, -0.2) is 4.68 Å². The normalized spacial score (nSPS) is 10.8. The van der Waals surface area contributed by atoms with E-state index in [0.29, 0.717) is 16.3 Å². The van der Waals surface area contributed by atoms with Gasteiger partial charge in [0.2, 0.25) is 5.91 Å². The van der Waals surface area contributed by atoms with E-state index in [1.807, 2.05) is 49.4 Å². The van der Waals surface area contributed by atoms with Crippen molar-refractivity contribution in [2.75, 3.05) is 12.8 Å². The Morgan fingerprint density at radius 1 is 1.32 bits per heavy atom. The van der Waals surface area contributed by atoms with E-state index in [1.165, 1.54) is 23.1 Å². The summed E-state index contributed by atoms with van der Waals surface area (Å²) in [5.74, 6) is 1.96. The van der Waals surface area contributed by atoms with Gasteiger partial charge in [-0.2, -0.15) is 0 Å². The molecule has 0 unspecified atom stereocenters. The van der Waals surface area contributed by atoms with E-state index in [9.17, 15) is 4.79 Å². The number of benzene rings is 1. The molecule has 0 bridgehead atoms. The van der Waals surface area contributed by atoms with Crippen molar-refractivity contribution in [1.82, 2.24) is 14.7 Å². The van der Waals surface area contributed by atoms with E-state index >= 15 is 0 Å². The number of rotatable bonds is 6. The van der Waals surface area contributed by atoms with Gasteiger partial charge in [0.1, 0.15) is 11.5 Å². The Morgan fingerprint density at radius 2 is 2.08 bits per heavy atom. The molecule has 0 saturated carbocycles. The first-order valence-corrected chi connectivity index (χ1v) is 9.81. The van der Waals surface area contributed by atoms with Gasteiger partial charge in [-0.3, -0.25) is 4.79 Å². The molecule has 8 heteroatoms. The van der Waals surface area contributed by atoms with E-state index in [4.69, 9.17) is 16.6 Å². The van der Waals surface area contributed by atoms with Crippen LogP contribution in [0.5, 0.6) is 0 Å². The number of carbonyl (C=O) groups excluding carboxylic acids is 1. The maximum atomic E-state index is 12.3. The molecule has 5 nitrogen and oxygen atoms in total. The van der Waals surface area contributed by atoms with Crippen LogP contribution in [0.1, 0.15) is 11.5 Å². The fraction of sp³-hybridized carbons (Fsp3) is 0.235. The third kappa shape index (κ3) is 4.59. The van der Waals surface area contributed by atoms with E-state index in [-0.39, 0.29) is 5.91 Å². The van der Waals surface area contributed by atoms with Crippen molar-refractivity contribution in [3.8, 4) is 5.69 Å². The molecule has 0 radical (unpaired) electrons. The quantitative estimate of drug-likeness (QED) is 0.463. The van der Waals surface area contributed by atoms with Crippen molar-refractivity contribution < 1.29 is 9.21 Å². The lowest BCUT2D eigenvalue weighted by Gasteiger charge is -2.14. The van der Waals surface area contributed by atoms with Crippen molar-refractivity contribution in [3.05, 3.63) is 57.9 Å². The second-order valence-electron chi connectivity index (χ2n) is 5.43. The van der Waals surface area contributed by atoms with Gasteiger partial charge < -0.3 is 9.32 Å². The van der Waals surface area contributed by atoms with Crippen LogP contribution in [0.3, 0.4) is 0 Å². The van der Waals surface area contributed by atoms with Crippen molar-refractivity contribution >= 4 is 41.2 Å². The highest BCUT2D eigenvalue weighted by molar-refractivity contribution is 8.01. The van der Waals surface area contributed by atoms with Gasteiger partial charge in [0.15, 0.2) is 8.29 Å². The molecule has 1 amide bonds. The van der Waals surface area contributed by atoms with E-state index < -0.39 is 0 Å². The van der Waals surface area contributed by atoms with Crippen LogP contribution in [0.15, 0.2) is 51.2 Å². The van der Waals surface area contributed by atoms with E-state index in [2.05, 4.69) is 5.10 Å². The fourth-order valence-electron chi connectivity index (χ4n) is 2.18. The molecule has 0 atom stereocenters. The molecule has 3 rings (SSSR count). The number of carbonyl (C=O) groups is 1. The average Bonchev–Trinajstić information content (AvgIpc) is 3.18. The molecule has 0 spiro atoms. The molecule has 0 aliphatic heterocycles. The Hall–Kier alpha value is -1.90. The molecule has 2 aromatic heterocycles. The summed E-state index contributed by atoms with van der Waals surface area (Å²) in [6, 6.07) is 13.5. The Morgan fingerprint density at radius 3 is 2.76 bits per heavy atom. The highest BCUT2D eigenvalue weighted by Crippen LogP contribution is 2.24. The Bertz CT molecular complexity index is 915. The largest absolute Gasteiger partial charge is 0.464 e. The van der Waals surface area contributed by atoms with Gasteiger partial charge in [-0.05, 0) is 43.4 Å². The molecule has 25 heavy (non-hydrogen) atoms. The average molecular weight is 392 g/mol. The zero-order chi connectivity index (χ0) is 17.8. The summed E-state index contributed by atoms with van der Waals surface area (Å²) in [7, 11) is 1.77. The van der Waals surface area contributed by atoms with Gasteiger partial charge in [-0.1, -0.05) is 41.3 Å². The van der Waals surface area contributed by atoms with Crippen LogP contribution in [0.4, 0.5) is 0 Å². The molecule has 0 aliphatic carbocycles. The number of para-hydroxylation sites is 1. The highest BCUT2D eigenvalue weighted by atomic mass is 32.2. The summed E-state index contributed by atoms with van der Waals surface area (Å²) in [6.45, 7) is 2.35. The maximum Gasteiger partial charge on any atom is 0.233 e. The van der Waals surface area contributed by atoms with Gasteiger partial charge in [0, 0.05) is 7.05 Å². The standard InChI is InChI=1S/C17H17N3O2S3/c1-12-8-9-14(22-12)10-19(2)15(21)11-24-16-18-20(17(23)25-16)13-6-4-3-5-7-13/h3-9H,10-11H2,1-2H3. The minimum Gasteiger partial charge on any atom is -0.464 e. The molecule has 0 aliphatic rings. The molecular weight excluding hydrogens is 374 g/mol. The van der Waals surface area contributed by atoms with Gasteiger partial charge >= 0.3 is 0 Å². The second-order valence-corrected chi connectivity index (χ2v) is 8.28. The SMILES string of the molecule is Cc1ccc(CN(C)C(=O)CSc2nn(-c3ccccc3)c(=S)s2)o1. The number of amides is 1. The van der Waals surface area contributed by atoms with Crippen LogP contribution in [-0.4, -0.2) is 33.4 Å². The van der Waals surface area contributed by atoms with Crippen molar-refractivity contribution in [2.24, 2.45) is 0 Å². The molecule has 130 valence electrons. The number of nitrogens with zero attached hydrogens (tertiary/aromatic N) is 3. The van der Waals surface area contributed by atoms with Crippen molar-refractivity contribution in [2.45, 2.75) is 17.8 Å². The minimum atomic E-state index is 0.0198. The Kier molecular flexibility index (Phi) is 5.72. The first-order chi connectivity index (χ1) is 12.0. The lowest BCUT2D eigenvalue weighted by Crippen LogP contribution is -2.27. The summed E-state index contributed by atoms with van der Waals surface area (Å²) in [6.07, 6.45) is 0. The number of hydrogen-bond donors (Lipinski definition) is 0. The van der Waals surface area contributed by atoms with Crippen LogP contribution in [0.2, 0.25) is 0 Å². The smallest absolute Gasteiger partial charge is 0.233 e. The Labute approximate surface area is 159 Å². The third-order valence-electron chi connectivity index (χ3n) is 3.46. The molecular formula is C17H17N3O2S3. The van der Waals surface area contributed by atoms with Crippen LogP contribution < -0.4 is 0 Å². The zero-order valence-corrected chi connectivity index (χ0v) is 16.3. The predicted octanol–water partition coefficient (Wildman–Crippen LogP) is 4.32. The first kappa shape index (κ1) is 17.9. The van der Waals surface area contributed by atoms with Crippen LogP contribution in [-0.2, 0) is 11.3 Å². The monoisotopic (exact) mass is 391 g/mol. The van der Waals surface area contributed by atoms with E-state index in [1.54, 1.807) is 16.6 Å². The molecule has 0 N–H and O–H groups in total. The van der Waals surface area contributed by atoms with Crippen LogP contribution in [0, 0.1) is 10.9 Å². The summed E-state index contributed by atoms with van der Waals surface area (Å²) in [5, 5.41) is 4.50. The summed E-state index contributed by atoms with van der Waals surface area (Å²) in [5.41, 5.74) is 0.923. The van der Waals surface area contributed by atoms with Crippen molar-refractivity contribution in [1.29, 1.82) is 0 Å². The van der Waals surface area contributed by atoms with E-state index in [0.717, 1.165) is 21.5 Å². The van der Waals surface area contributed by atoms with Gasteiger partial charge in [0.05, 0.1) is 18.0 Å². The predicted molar refractivity (Wildman–Crippen MR) is 103 cm³/mol. The van der Waals surface area contributed by atoms with Crippen LogP contribution in [0.25, 0.3) is 5.69 Å². The van der Waals surface area contributed by atoms with Gasteiger partial charge in [0.25, 0.3) is 0 Å². The third-order valence-corrected chi connectivity index (χ3v) is 5.81. The Balaban J connectivity index is 1.60. The topological polar surface area (TPSA) is 51.3 Å². The molecule has 3 aromatic rings. The lowest BCUT2D eigenvalue weighted by molar-refractivity contribution is -0.127. The summed E-state index contributed by atoms with van der Waals surface area (Å²) < 4.78 is 8.68. The highest BCUT2D eigenvalue weighted by Gasteiger charge is 2.14. The molecule has 1 aromatic carbocycles. The van der Waals surface area contributed by atoms with Crippen molar-refractivity contribution in [3.63, 3.8) is 0 Å². The summed E-state index contributed by atoms with van der Waals surface area (Å²) in [4.78, 5) is 13.9. The number of hydrogen-bond acceptors (Lipinski definition) is 6. The number of thioether (sulfide) groups is 1. The number of aryl methyl sites for hydroxylation is 1. The molecule has 2 heterocycles. The summed E-state index contributed by atoms with van der Waals surface area (Å²) >= 11 is 8.18. The lowest BCUT2D eigenvalue weighted by atomic mass is 10.3. The number of furan rings is 1. The van der Waals surface area contributed by atoms with Gasteiger partial charge in [-0.15, -0.1) is 5.10 Å². The fourth-order valence-corrected chi connectivity index (χ4v) is 4.48. The first-order valence-electron chi connectivity index (χ1n) is 7.60. The molecule has 0 fully saturated rings. The molecule has 0 saturated heterocycles. The maximum absolute atomic E-state index is 12.3.